The molecule has 1 N–H and O–H groups in total. The van der Waals surface area contributed by atoms with E-state index in [9.17, 15) is 40.3 Å². The number of carbonyl (C=O) groups excluding carboxylic acids is 2. The minimum Gasteiger partial charge on any atom is -0.320 e. The van der Waals surface area contributed by atoms with E-state index in [-0.39, 0.29) is 29.2 Å². The smallest absolute Gasteiger partial charge is 0.320 e. The quantitative estimate of drug-likeness (QED) is 0.162. The van der Waals surface area contributed by atoms with Crippen LogP contribution in [0.25, 0.3) is 0 Å². The zero-order valence-electron chi connectivity index (χ0n) is 19.0. The highest BCUT2D eigenvalue weighted by atomic mass is 127. The number of aromatic nitrogens is 1. The fraction of sp³-hybridized carbons (Fsp3) is 0.174. The largest absolute Gasteiger partial charge is 0.435 e. The fourth-order valence-electron chi connectivity index (χ4n) is 3.32. The average molecular weight is 804 g/mol. The van der Waals surface area contributed by atoms with Crippen LogP contribution in [-0.4, -0.2) is 36.2 Å². The first kappa shape index (κ1) is 31.3. The number of carbonyl (C=O) groups is 2. The molecule has 0 aliphatic carbocycles. The number of nitrogens with one attached hydrogen (secondary N) is 1. The van der Waals surface area contributed by atoms with E-state index in [0.717, 1.165) is 17.2 Å². The molecule has 2 amide bonds. The molecule has 1 heterocycles. The van der Waals surface area contributed by atoms with Gasteiger partial charge in [0.15, 0.2) is 5.82 Å². The molecule has 0 saturated heterocycles. The second kappa shape index (κ2) is 11.3. The summed E-state index contributed by atoms with van der Waals surface area (Å²) < 4.78 is 108. The summed E-state index contributed by atoms with van der Waals surface area (Å²) in [7, 11) is 1.23. The van der Waals surface area contributed by atoms with E-state index < -0.39 is 46.8 Å². The zero-order chi connectivity index (χ0) is 29.5. The van der Waals surface area contributed by atoms with Gasteiger partial charge in [-0.1, -0.05) is 17.7 Å². The van der Waals surface area contributed by atoms with Crippen LogP contribution in [0.5, 0.6) is 0 Å². The van der Waals surface area contributed by atoms with Gasteiger partial charge in [0.2, 0.25) is 0 Å². The molecule has 5 nitrogen and oxygen atoms in total. The van der Waals surface area contributed by atoms with Crippen molar-refractivity contribution in [3.8, 4) is 0 Å². The van der Waals surface area contributed by atoms with E-state index in [1.54, 1.807) is 0 Å². The zero-order valence-corrected chi connectivity index (χ0v) is 24.1. The molecule has 0 unspecified atom stereocenters. The summed E-state index contributed by atoms with van der Waals surface area (Å²) >= 11 is 8.34. The Balaban J connectivity index is 1.95. The summed E-state index contributed by atoms with van der Waals surface area (Å²) in [5, 5.41) is 2.33. The number of anilines is 2. The highest BCUT2D eigenvalue weighted by Crippen LogP contribution is 2.54. The van der Waals surface area contributed by atoms with Gasteiger partial charge >= 0.3 is 18.0 Å². The van der Waals surface area contributed by atoms with Crippen molar-refractivity contribution in [3.05, 3.63) is 83.5 Å². The normalized spacial score (nSPS) is 12.3. The van der Waals surface area contributed by atoms with Crippen molar-refractivity contribution in [2.45, 2.75) is 18.0 Å². The Hall–Kier alpha value is -2.28. The molecule has 0 radical (unpaired) electrons. The van der Waals surface area contributed by atoms with Crippen molar-refractivity contribution in [2.75, 3.05) is 17.3 Å². The summed E-state index contributed by atoms with van der Waals surface area (Å²) in [6.07, 6.45) is -11.5. The lowest BCUT2D eigenvalue weighted by Crippen LogP contribution is -2.50. The van der Waals surface area contributed by atoms with Crippen LogP contribution in [0.3, 0.4) is 0 Å². The molecular weight excluding hydrogens is 792 g/mol. The van der Waals surface area contributed by atoms with Gasteiger partial charge in [-0.25, -0.2) is 13.8 Å². The SMILES string of the molecule is CN(C(=O)c1ccc(Cl)nc1)c1cccc(C(=O)Nc2c(I)cc(C(F)(C(F)(F)F)C(F)(F)F)cc2I)c1F. The summed E-state index contributed by atoms with van der Waals surface area (Å²) in [5.74, 6) is -2.98. The molecular formula is C23H12ClF8I2N3O2. The molecule has 208 valence electrons. The molecule has 0 bridgehead atoms. The number of amides is 2. The molecule has 0 saturated carbocycles. The maximum absolute atomic E-state index is 15.3. The van der Waals surface area contributed by atoms with Crippen LogP contribution >= 0.6 is 56.8 Å². The van der Waals surface area contributed by atoms with Gasteiger partial charge in [-0.3, -0.25) is 9.59 Å². The van der Waals surface area contributed by atoms with Crippen LogP contribution in [-0.2, 0) is 5.67 Å². The van der Waals surface area contributed by atoms with Crippen molar-refractivity contribution < 1.29 is 44.7 Å². The minimum absolute atomic E-state index is 0.0574. The van der Waals surface area contributed by atoms with Crippen LogP contribution in [0.1, 0.15) is 26.3 Å². The first-order chi connectivity index (χ1) is 17.9. The third kappa shape index (κ3) is 6.08. The topological polar surface area (TPSA) is 62.3 Å². The Morgan fingerprint density at radius 2 is 1.51 bits per heavy atom. The van der Waals surface area contributed by atoms with Crippen LogP contribution < -0.4 is 10.2 Å². The summed E-state index contributed by atoms with van der Waals surface area (Å²) in [6.45, 7) is 0. The second-order valence-electron chi connectivity index (χ2n) is 7.80. The first-order valence-electron chi connectivity index (χ1n) is 10.2. The van der Waals surface area contributed by atoms with Crippen molar-refractivity contribution in [3.63, 3.8) is 0 Å². The van der Waals surface area contributed by atoms with Crippen molar-refractivity contribution >= 4 is 80.0 Å². The molecule has 0 atom stereocenters. The molecule has 0 aliphatic rings. The van der Waals surface area contributed by atoms with Gasteiger partial charge in [0, 0.05) is 25.9 Å². The minimum atomic E-state index is -6.32. The predicted octanol–water partition coefficient (Wildman–Crippen LogP) is 7.90. The maximum atomic E-state index is 15.3. The second-order valence-corrected chi connectivity index (χ2v) is 10.5. The van der Waals surface area contributed by atoms with Gasteiger partial charge in [-0.2, -0.15) is 26.3 Å². The Morgan fingerprint density at radius 3 is 2.00 bits per heavy atom. The van der Waals surface area contributed by atoms with Crippen LogP contribution in [0.4, 0.5) is 46.5 Å². The molecule has 16 heteroatoms. The highest BCUT2D eigenvalue weighted by molar-refractivity contribution is 14.1. The van der Waals surface area contributed by atoms with E-state index in [0.29, 0.717) is 12.1 Å². The number of hydrogen-bond donors (Lipinski definition) is 1. The van der Waals surface area contributed by atoms with Gasteiger partial charge in [-0.15, -0.1) is 0 Å². The molecule has 3 rings (SSSR count). The standard InChI is InChI=1S/C23H12ClF8I2N3O2/c1-37(20(39)10-5-6-16(24)35-9-10)15-4-2-3-12(17(15)25)19(38)36-18-13(33)7-11(8-14(18)34)21(26,22(27,28)29)23(30,31)32/h2-9H,1H3,(H,36,38). The number of alkyl halides is 7. The van der Waals surface area contributed by atoms with E-state index in [2.05, 4.69) is 10.3 Å². The number of halogens is 11. The van der Waals surface area contributed by atoms with E-state index in [4.69, 9.17) is 11.6 Å². The van der Waals surface area contributed by atoms with Crippen molar-refractivity contribution in [1.29, 1.82) is 0 Å². The van der Waals surface area contributed by atoms with E-state index in [1.807, 2.05) is 0 Å². The lowest BCUT2D eigenvalue weighted by molar-refractivity contribution is -0.348. The fourth-order valence-corrected chi connectivity index (χ4v) is 5.47. The van der Waals surface area contributed by atoms with Crippen molar-refractivity contribution in [1.82, 2.24) is 4.98 Å². The molecule has 2 aromatic carbocycles. The lowest BCUT2D eigenvalue weighted by atomic mass is 9.94. The molecule has 3 aromatic rings. The number of hydrogen-bond acceptors (Lipinski definition) is 3. The number of pyridine rings is 1. The Labute approximate surface area is 247 Å². The first-order valence-corrected chi connectivity index (χ1v) is 12.7. The summed E-state index contributed by atoms with van der Waals surface area (Å²) in [5.41, 5.74) is -8.54. The average Bonchev–Trinajstić information content (AvgIpc) is 2.83. The third-order valence-corrected chi connectivity index (χ3v) is 7.25. The van der Waals surface area contributed by atoms with Crippen LogP contribution in [0, 0.1) is 13.0 Å². The Bertz CT molecular complexity index is 1400. The number of nitrogens with zero attached hydrogens (tertiary/aromatic N) is 2. The molecule has 1 aromatic heterocycles. The number of benzene rings is 2. The van der Waals surface area contributed by atoms with Crippen molar-refractivity contribution in [2.24, 2.45) is 0 Å². The van der Waals surface area contributed by atoms with E-state index in [1.165, 1.54) is 76.5 Å². The molecule has 0 spiro atoms. The Morgan fingerprint density at radius 1 is 0.949 bits per heavy atom. The molecule has 39 heavy (non-hydrogen) atoms. The monoisotopic (exact) mass is 803 g/mol. The lowest BCUT2D eigenvalue weighted by Gasteiger charge is -2.31. The maximum Gasteiger partial charge on any atom is 0.435 e. The molecule has 0 aliphatic heterocycles. The summed E-state index contributed by atoms with van der Waals surface area (Å²) in [4.78, 5) is 30.2. The van der Waals surface area contributed by atoms with Gasteiger partial charge in [-0.05, 0) is 81.6 Å². The molecule has 0 fully saturated rings. The van der Waals surface area contributed by atoms with Gasteiger partial charge in [0.1, 0.15) is 5.15 Å². The summed E-state index contributed by atoms with van der Waals surface area (Å²) in [6, 6.07) is 6.76. The van der Waals surface area contributed by atoms with Gasteiger partial charge in [0.05, 0.1) is 22.5 Å². The highest BCUT2D eigenvalue weighted by Gasteiger charge is 2.73. The van der Waals surface area contributed by atoms with Crippen LogP contribution in [0.15, 0.2) is 48.7 Å². The van der Waals surface area contributed by atoms with Crippen LogP contribution in [0.2, 0.25) is 5.15 Å². The number of rotatable bonds is 5. The third-order valence-electron chi connectivity index (χ3n) is 5.32. The van der Waals surface area contributed by atoms with Gasteiger partial charge in [0.25, 0.3) is 11.8 Å². The van der Waals surface area contributed by atoms with Gasteiger partial charge < -0.3 is 10.2 Å². The predicted molar refractivity (Wildman–Crippen MR) is 143 cm³/mol. The van der Waals surface area contributed by atoms with E-state index >= 15 is 4.39 Å². The Kier molecular flexibility index (Phi) is 9.06.